The molecule has 0 aliphatic rings. The average molecular weight is 295 g/mol. The van der Waals surface area contributed by atoms with Crippen molar-refractivity contribution in [1.29, 1.82) is 0 Å². The summed E-state index contributed by atoms with van der Waals surface area (Å²) in [5, 5.41) is 14.9. The van der Waals surface area contributed by atoms with Gasteiger partial charge in [0.2, 0.25) is 0 Å². The van der Waals surface area contributed by atoms with Crippen LogP contribution in [0.2, 0.25) is 0 Å². The largest absolute Gasteiger partial charge is 0.379 e. The fraction of sp³-hybridized carbons (Fsp3) is 0.308. The Labute approximate surface area is 109 Å². The zero-order valence-corrected chi connectivity index (χ0v) is 11.7. The first-order valence-electron chi connectivity index (χ1n) is 5.40. The summed E-state index contributed by atoms with van der Waals surface area (Å²) in [4.78, 5) is 0. The van der Waals surface area contributed by atoms with E-state index < -0.39 is 5.60 Å². The highest BCUT2D eigenvalue weighted by Gasteiger charge is 2.31. The molecule has 0 saturated heterocycles. The van der Waals surface area contributed by atoms with Crippen LogP contribution >= 0.6 is 15.9 Å². The first-order valence-corrected chi connectivity index (χ1v) is 6.19. The van der Waals surface area contributed by atoms with Crippen LogP contribution in [0.3, 0.4) is 0 Å². The lowest BCUT2D eigenvalue weighted by Crippen LogP contribution is -2.26. The van der Waals surface area contributed by atoms with Gasteiger partial charge in [-0.3, -0.25) is 4.68 Å². The van der Waals surface area contributed by atoms with Crippen LogP contribution in [0.15, 0.2) is 34.9 Å². The molecule has 1 aromatic carbocycles. The van der Waals surface area contributed by atoms with E-state index >= 15 is 0 Å². The van der Waals surface area contributed by atoms with E-state index in [1.165, 1.54) is 0 Å². The van der Waals surface area contributed by atoms with E-state index in [1.807, 2.05) is 38.2 Å². The second-order valence-electron chi connectivity index (χ2n) is 4.41. The number of hydrogen-bond acceptors (Lipinski definition) is 2. The van der Waals surface area contributed by atoms with Crippen molar-refractivity contribution < 1.29 is 5.11 Å². The van der Waals surface area contributed by atoms with Gasteiger partial charge in [-0.15, -0.1) is 0 Å². The summed E-state index contributed by atoms with van der Waals surface area (Å²) >= 11 is 3.43. The summed E-state index contributed by atoms with van der Waals surface area (Å²) in [6.07, 6.45) is 1.69. The SMILES string of the molecule is Cc1cccc(C(C)(O)c2c(Br)cnn2C)c1. The van der Waals surface area contributed by atoms with Crippen LogP contribution in [-0.4, -0.2) is 14.9 Å². The predicted molar refractivity (Wildman–Crippen MR) is 70.8 cm³/mol. The summed E-state index contributed by atoms with van der Waals surface area (Å²) < 4.78 is 2.50. The highest BCUT2D eigenvalue weighted by atomic mass is 79.9. The lowest BCUT2D eigenvalue weighted by Gasteiger charge is -2.25. The molecule has 0 bridgehead atoms. The third-order valence-electron chi connectivity index (χ3n) is 2.94. The molecular weight excluding hydrogens is 280 g/mol. The number of aromatic nitrogens is 2. The van der Waals surface area contributed by atoms with Gasteiger partial charge in [-0.2, -0.15) is 5.10 Å². The quantitative estimate of drug-likeness (QED) is 0.925. The Morgan fingerprint density at radius 3 is 2.65 bits per heavy atom. The third kappa shape index (κ3) is 2.15. The van der Waals surface area contributed by atoms with E-state index in [2.05, 4.69) is 21.0 Å². The number of rotatable bonds is 2. The molecular formula is C13H15BrN2O. The van der Waals surface area contributed by atoms with Gasteiger partial charge in [-0.25, -0.2) is 0 Å². The van der Waals surface area contributed by atoms with Gasteiger partial charge in [0.25, 0.3) is 0 Å². The maximum Gasteiger partial charge on any atom is 0.129 e. The molecule has 4 heteroatoms. The van der Waals surface area contributed by atoms with E-state index in [0.29, 0.717) is 0 Å². The van der Waals surface area contributed by atoms with Crippen LogP contribution in [-0.2, 0) is 12.6 Å². The molecule has 17 heavy (non-hydrogen) atoms. The molecule has 2 aromatic rings. The minimum absolute atomic E-state index is 0.753. The van der Waals surface area contributed by atoms with Gasteiger partial charge in [-0.1, -0.05) is 29.8 Å². The standard InChI is InChI=1S/C13H15BrN2O/c1-9-5-4-6-10(7-9)13(2,17)12-11(14)8-15-16(12)3/h4-8,17H,1-3H3. The van der Waals surface area contributed by atoms with Crippen molar-refractivity contribution >= 4 is 15.9 Å². The Morgan fingerprint density at radius 2 is 2.12 bits per heavy atom. The lowest BCUT2D eigenvalue weighted by molar-refractivity contribution is 0.0920. The molecule has 0 amide bonds. The van der Waals surface area contributed by atoms with Crippen molar-refractivity contribution in [3.05, 3.63) is 51.8 Å². The number of nitrogens with zero attached hydrogens (tertiary/aromatic N) is 2. The predicted octanol–water partition coefficient (Wildman–Crippen LogP) is 2.75. The van der Waals surface area contributed by atoms with Crippen molar-refractivity contribution in [3.63, 3.8) is 0 Å². The number of benzene rings is 1. The van der Waals surface area contributed by atoms with Gasteiger partial charge >= 0.3 is 0 Å². The van der Waals surface area contributed by atoms with E-state index in [1.54, 1.807) is 17.8 Å². The molecule has 0 radical (unpaired) electrons. The zero-order valence-electron chi connectivity index (χ0n) is 10.1. The maximum absolute atomic E-state index is 10.7. The second-order valence-corrected chi connectivity index (χ2v) is 5.26. The number of hydrogen-bond donors (Lipinski definition) is 1. The van der Waals surface area contributed by atoms with Crippen LogP contribution in [0.25, 0.3) is 0 Å². The molecule has 0 aliphatic heterocycles. The average Bonchev–Trinajstić information content (AvgIpc) is 2.59. The normalized spacial score (nSPS) is 14.6. The van der Waals surface area contributed by atoms with E-state index in [0.717, 1.165) is 21.3 Å². The van der Waals surface area contributed by atoms with Crippen LogP contribution in [0.4, 0.5) is 0 Å². The minimum atomic E-state index is -1.06. The molecule has 1 aromatic heterocycles. The van der Waals surface area contributed by atoms with Crippen molar-refractivity contribution in [2.45, 2.75) is 19.4 Å². The Balaban J connectivity index is 2.57. The van der Waals surface area contributed by atoms with Gasteiger partial charge < -0.3 is 5.11 Å². The molecule has 2 rings (SSSR count). The van der Waals surface area contributed by atoms with Crippen molar-refractivity contribution in [2.75, 3.05) is 0 Å². The fourth-order valence-electron chi connectivity index (χ4n) is 2.04. The van der Waals surface area contributed by atoms with E-state index in [-0.39, 0.29) is 0 Å². The summed E-state index contributed by atoms with van der Waals surface area (Å²) in [5.74, 6) is 0. The van der Waals surface area contributed by atoms with E-state index in [4.69, 9.17) is 0 Å². The monoisotopic (exact) mass is 294 g/mol. The van der Waals surface area contributed by atoms with Gasteiger partial charge in [0.05, 0.1) is 16.4 Å². The van der Waals surface area contributed by atoms with Gasteiger partial charge in [-0.05, 0) is 35.3 Å². The molecule has 0 saturated carbocycles. The first kappa shape index (κ1) is 12.3. The number of halogens is 1. The van der Waals surface area contributed by atoms with Crippen molar-refractivity contribution in [2.24, 2.45) is 7.05 Å². The molecule has 90 valence electrons. The zero-order chi connectivity index (χ0) is 12.6. The molecule has 1 heterocycles. The number of aryl methyl sites for hydroxylation is 2. The highest BCUT2D eigenvalue weighted by Crippen LogP contribution is 2.33. The fourth-order valence-corrected chi connectivity index (χ4v) is 2.78. The first-order chi connectivity index (χ1) is 7.93. The Morgan fingerprint density at radius 1 is 1.41 bits per heavy atom. The molecule has 1 unspecified atom stereocenters. The Bertz CT molecular complexity index is 527. The van der Waals surface area contributed by atoms with Gasteiger partial charge in [0.1, 0.15) is 5.60 Å². The molecule has 0 spiro atoms. The third-order valence-corrected chi connectivity index (χ3v) is 3.52. The Kier molecular flexibility index (Phi) is 3.10. The number of aliphatic hydroxyl groups is 1. The topological polar surface area (TPSA) is 38.1 Å². The summed E-state index contributed by atoms with van der Waals surface area (Å²) in [6, 6.07) is 7.87. The van der Waals surface area contributed by atoms with Crippen LogP contribution < -0.4 is 0 Å². The van der Waals surface area contributed by atoms with Crippen LogP contribution in [0, 0.1) is 6.92 Å². The summed E-state index contributed by atoms with van der Waals surface area (Å²) in [5.41, 5.74) is 1.68. The highest BCUT2D eigenvalue weighted by molar-refractivity contribution is 9.10. The maximum atomic E-state index is 10.7. The molecule has 0 aliphatic carbocycles. The van der Waals surface area contributed by atoms with Gasteiger partial charge in [0.15, 0.2) is 0 Å². The minimum Gasteiger partial charge on any atom is -0.379 e. The molecule has 0 fully saturated rings. The molecule has 3 nitrogen and oxygen atoms in total. The molecule has 1 atom stereocenters. The molecule has 1 N–H and O–H groups in total. The second kappa shape index (κ2) is 4.27. The smallest absolute Gasteiger partial charge is 0.129 e. The van der Waals surface area contributed by atoms with Crippen molar-refractivity contribution in [1.82, 2.24) is 9.78 Å². The van der Waals surface area contributed by atoms with Crippen LogP contribution in [0.1, 0.15) is 23.7 Å². The van der Waals surface area contributed by atoms with Crippen LogP contribution in [0.5, 0.6) is 0 Å². The van der Waals surface area contributed by atoms with Crippen molar-refractivity contribution in [3.8, 4) is 0 Å². The van der Waals surface area contributed by atoms with E-state index in [9.17, 15) is 5.11 Å². The van der Waals surface area contributed by atoms with Gasteiger partial charge in [0, 0.05) is 7.05 Å². The Hall–Kier alpha value is -1.13. The lowest BCUT2D eigenvalue weighted by atomic mass is 9.91. The summed E-state index contributed by atoms with van der Waals surface area (Å²) in [6.45, 7) is 3.79. The summed E-state index contributed by atoms with van der Waals surface area (Å²) in [7, 11) is 1.82.